The van der Waals surface area contributed by atoms with E-state index in [4.69, 9.17) is 0 Å². The van der Waals surface area contributed by atoms with Gasteiger partial charge in [0.05, 0.1) is 0 Å². The molecule has 4 aromatic carbocycles. The molecule has 0 saturated carbocycles. The van der Waals surface area contributed by atoms with Crippen LogP contribution in [0.1, 0.15) is 149 Å². The predicted molar refractivity (Wildman–Crippen MR) is 242 cm³/mol. The number of hydrogen-bond acceptors (Lipinski definition) is 6. The molecule has 12 nitrogen and oxygen atoms in total. The van der Waals surface area contributed by atoms with Crippen molar-refractivity contribution in [1.82, 2.24) is 0 Å². The van der Waals surface area contributed by atoms with Crippen LogP contribution < -0.4 is 31.9 Å². The van der Waals surface area contributed by atoms with Crippen LogP contribution in [0, 0.1) is 17.8 Å². The molecule has 60 heavy (non-hydrogen) atoms. The lowest BCUT2D eigenvalue weighted by Gasteiger charge is -2.30. The molecule has 0 unspecified atom stereocenters. The Labute approximate surface area is 354 Å². The first-order chi connectivity index (χ1) is 28.2. The maximum Gasteiger partial charge on any atom is 0.256 e. The van der Waals surface area contributed by atoms with Gasteiger partial charge in [-0.25, -0.2) is 0 Å². The molecule has 0 heterocycles. The van der Waals surface area contributed by atoms with E-state index in [0.717, 1.165) is 0 Å². The van der Waals surface area contributed by atoms with E-state index in [0.29, 0.717) is 50.8 Å². The zero-order valence-electron chi connectivity index (χ0n) is 36.8. The summed E-state index contributed by atoms with van der Waals surface area (Å²) in [5.41, 5.74) is 5.18. The second-order valence-corrected chi connectivity index (χ2v) is 16.9. The van der Waals surface area contributed by atoms with Gasteiger partial charge in [-0.15, -0.1) is 0 Å². The first kappa shape index (κ1) is 46.4. The van der Waals surface area contributed by atoms with Crippen LogP contribution in [0.25, 0.3) is 0 Å². The average molecular weight is 817 g/mol. The number of amides is 6. The van der Waals surface area contributed by atoms with Crippen LogP contribution >= 0.6 is 0 Å². The zero-order chi connectivity index (χ0) is 44.6. The van der Waals surface area contributed by atoms with Crippen molar-refractivity contribution >= 4 is 69.6 Å². The van der Waals surface area contributed by atoms with Crippen molar-refractivity contribution < 1.29 is 28.8 Å². The third-order valence-electron chi connectivity index (χ3n) is 9.83. The summed E-state index contributed by atoms with van der Waals surface area (Å²) in [7, 11) is 0. The summed E-state index contributed by atoms with van der Waals surface area (Å²) < 4.78 is 0. The minimum Gasteiger partial charge on any atom is -0.326 e. The molecular formula is C48H60N6O6. The molecule has 0 bridgehead atoms. The van der Waals surface area contributed by atoms with Gasteiger partial charge in [-0.1, -0.05) is 83.1 Å². The Balaban J connectivity index is 1.91. The van der Waals surface area contributed by atoms with Crippen LogP contribution in [-0.4, -0.2) is 35.4 Å². The highest BCUT2D eigenvalue weighted by molar-refractivity contribution is 6.17. The Kier molecular flexibility index (Phi) is 15.5. The number of hydrogen-bond donors (Lipinski definition) is 6. The maximum atomic E-state index is 14.8. The number of carbonyl (C=O) groups is 6. The van der Waals surface area contributed by atoms with E-state index in [1.807, 2.05) is 41.5 Å². The molecule has 0 saturated heterocycles. The summed E-state index contributed by atoms with van der Waals surface area (Å²) >= 11 is 0. The van der Waals surface area contributed by atoms with Crippen LogP contribution in [0.3, 0.4) is 0 Å². The first-order valence-corrected chi connectivity index (χ1v) is 20.6. The summed E-state index contributed by atoms with van der Waals surface area (Å²) in [6.07, 6.45) is 0. The van der Waals surface area contributed by atoms with Crippen molar-refractivity contribution in [1.29, 1.82) is 0 Å². The standard InChI is InChI=1S/C48H60N6O6/c1-25(2)37-40(46(58)52-34-19-13-31(14-20-34)49-43(55)28(7)8)38(26(3)4)42(48(60)54-36-23-17-33(18-24-36)51-45(57)30(11)12)39(27(5)6)41(37)47(59)53-35-21-15-32(16-22-35)50-44(56)29(9)10/h13-30H,1-12H3,(H,49,55)(H,50,56)(H,51,57)(H,52,58)(H,53,59)(H,54,60). The SMILES string of the molecule is CC(C)C(=O)Nc1ccc(NC(=O)c2c(C(C)C)c(C(=O)Nc3ccc(NC(=O)C(C)C)cc3)c(C(C)C)c(C(=O)Nc3ccc(NC(=O)C(C)C)cc3)c2C(C)C)cc1. The molecule has 0 atom stereocenters. The molecule has 0 aromatic heterocycles. The summed E-state index contributed by atoms with van der Waals surface area (Å²) in [6, 6.07) is 20.3. The molecule has 0 aliphatic rings. The summed E-state index contributed by atoms with van der Waals surface area (Å²) in [5.74, 6) is -3.63. The number of nitrogens with one attached hydrogen (secondary N) is 6. The number of carbonyl (C=O) groups excluding carboxylic acids is 6. The number of anilines is 6. The second-order valence-electron chi connectivity index (χ2n) is 16.9. The van der Waals surface area contributed by atoms with E-state index in [1.54, 1.807) is 114 Å². The molecule has 4 rings (SSSR count). The first-order valence-electron chi connectivity index (χ1n) is 20.6. The third-order valence-corrected chi connectivity index (χ3v) is 9.83. The van der Waals surface area contributed by atoms with Gasteiger partial charge >= 0.3 is 0 Å². The highest BCUT2D eigenvalue weighted by atomic mass is 16.2. The Hall–Kier alpha value is -6.30. The van der Waals surface area contributed by atoms with Gasteiger partial charge in [0.25, 0.3) is 17.7 Å². The van der Waals surface area contributed by atoms with Gasteiger partial charge in [0.2, 0.25) is 17.7 Å². The number of rotatable bonds is 15. The maximum absolute atomic E-state index is 14.8. The van der Waals surface area contributed by atoms with Crippen LogP contribution in [0.2, 0.25) is 0 Å². The van der Waals surface area contributed by atoms with E-state index in [2.05, 4.69) is 31.9 Å². The van der Waals surface area contributed by atoms with Gasteiger partial charge < -0.3 is 31.9 Å². The highest BCUT2D eigenvalue weighted by Gasteiger charge is 2.36. The fourth-order valence-electron chi connectivity index (χ4n) is 6.63. The Morgan fingerprint density at radius 1 is 0.300 bits per heavy atom. The van der Waals surface area contributed by atoms with Gasteiger partial charge in [0.15, 0.2) is 0 Å². The normalized spacial score (nSPS) is 11.3. The Morgan fingerprint density at radius 2 is 0.467 bits per heavy atom. The molecule has 0 fully saturated rings. The topological polar surface area (TPSA) is 175 Å². The quantitative estimate of drug-likeness (QED) is 0.0696. The highest BCUT2D eigenvalue weighted by Crippen LogP contribution is 2.41. The van der Waals surface area contributed by atoms with Gasteiger partial charge in [-0.2, -0.15) is 0 Å². The van der Waals surface area contributed by atoms with Gasteiger partial charge in [-0.05, 0) is 107 Å². The van der Waals surface area contributed by atoms with Crippen molar-refractivity contribution in [2.45, 2.75) is 101 Å². The van der Waals surface area contributed by atoms with Crippen molar-refractivity contribution in [2.24, 2.45) is 17.8 Å². The lowest BCUT2D eigenvalue weighted by molar-refractivity contribution is -0.119. The van der Waals surface area contributed by atoms with Crippen molar-refractivity contribution in [3.8, 4) is 0 Å². The molecule has 0 aliphatic carbocycles. The minimum atomic E-state index is -0.504. The Bertz CT molecular complexity index is 1950. The van der Waals surface area contributed by atoms with E-state index in [1.165, 1.54) is 0 Å². The molecule has 6 N–H and O–H groups in total. The summed E-state index contributed by atoms with van der Waals surface area (Å²) in [5, 5.41) is 17.6. The van der Waals surface area contributed by atoms with E-state index < -0.39 is 17.7 Å². The van der Waals surface area contributed by atoms with E-state index in [-0.39, 0.29) is 69.9 Å². The summed E-state index contributed by atoms with van der Waals surface area (Å²) in [4.78, 5) is 81.3. The van der Waals surface area contributed by atoms with Gasteiger partial charge in [-0.3, -0.25) is 28.8 Å². The fourth-order valence-corrected chi connectivity index (χ4v) is 6.63. The largest absolute Gasteiger partial charge is 0.326 e. The van der Waals surface area contributed by atoms with Crippen LogP contribution in [-0.2, 0) is 14.4 Å². The summed E-state index contributed by atoms with van der Waals surface area (Å²) in [6.45, 7) is 22.3. The van der Waals surface area contributed by atoms with Gasteiger partial charge in [0, 0.05) is 68.6 Å². The predicted octanol–water partition coefficient (Wildman–Crippen LogP) is 10.6. The smallest absolute Gasteiger partial charge is 0.256 e. The van der Waals surface area contributed by atoms with Crippen molar-refractivity contribution in [3.05, 3.63) is 106 Å². The molecule has 0 radical (unpaired) electrons. The zero-order valence-corrected chi connectivity index (χ0v) is 36.8. The van der Waals surface area contributed by atoms with E-state index in [9.17, 15) is 28.8 Å². The molecule has 0 aliphatic heterocycles. The van der Waals surface area contributed by atoms with E-state index >= 15 is 0 Å². The van der Waals surface area contributed by atoms with Crippen LogP contribution in [0.4, 0.5) is 34.1 Å². The average Bonchev–Trinajstić information content (AvgIpc) is 3.18. The Morgan fingerprint density at radius 3 is 0.617 bits per heavy atom. The molecule has 318 valence electrons. The lowest BCUT2D eigenvalue weighted by atomic mass is 9.75. The van der Waals surface area contributed by atoms with Gasteiger partial charge in [0.1, 0.15) is 0 Å². The third kappa shape index (κ3) is 11.5. The monoisotopic (exact) mass is 816 g/mol. The molecule has 12 heteroatoms. The molecule has 0 spiro atoms. The van der Waals surface area contributed by atoms with Crippen LogP contribution in [0.5, 0.6) is 0 Å². The van der Waals surface area contributed by atoms with Crippen molar-refractivity contribution in [3.63, 3.8) is 0 Å². The second kappa shape index (κ2) is 20.1. The molecular weight excluding hydrogens is 757 g/mol. The van der Waals surface area contributed by atoms with Crippen molar-refractivity contribution in [2.75, 3.05) is 31.9 Å². The lowest BCUT2D eigenvalue weighted by Crippen LogP contribution is -2.30. The fraction of sp³-hybridized carbons (Fsp3) is 0.375. The van der Waals surface area contributed by atoms with Crippen LogP contribution in [0.15, 0.2) is 72.8 Å². The minimum absolute atomic E-state index is 0.139. The molecule has 6 amide bonds. The molecule has 4 aromatic rings. The number of benzene rings is 4.